The van der Waals surface area contributed by atoms with E-state index >= 15 is 0 Å². The Labute approximate surface area is 177 Å². The van der Waals surface area contributed by atoms with Gasteiger partial charge < -0.3 is 4.74 Å². The normalized spacial score (nSPS) is 10.3. The van der Waals surface area contributed by atoms with Crippen LogP contribution in [0, 0.1) is 0 Å². The van der Waals surface area contributed by atoms with Gasteiger partial charge in [0.1, 0.15) is 5.75 Å². The number of hydrogen-bond acceptors (Lipinski definition) is 3. The van der Waals surface area contributed by atoms with Crippen molar-refractivity contribution >= 4 is 11.8 Å². The van der Waals surface area contributed by atoms with Crippen LogP contribution in [0.1, 0.15) is 46.9 Å². The first kappa shape index (κ1) is 21.1. The summed E-state index contributed by atoms with van der Waals surface area (Å²) in [4.78, 5) is 24.9. The van der Waals surface area contributed by atoms with Gasteiger partial charge in [-0.25, -0.2) is 0 Å². The SMILES string of the molecule is CCCCCOc1ccccc1C(=O)NNC(=O)c1ccc(-c2ccccc2)cc1. The highest BCUT2D eigenvalue weighted by Crippen LogP contribution is 2.20. The number of amides is 2. The maximum Gasteiger partial charge on any atom is 0.273 e. The highest BCUT2D eigenvalue weighted by atomic mass is 16.5. The van der Waals surface area contributed by atoms with Crippen LogP contribution in [-0.2, 0) is 0 Å². The Balaban J connectivity index is 1.58. The van der Waals surface area contributed by atoms with Gasteiger partial charge in [-0.3, -0.25) is 20.4 Å². The van der Waals surface area contributed by atoms with Crippen molar-refractivity contribution in [2.75, 3.05) is 6.61 Å². The molecule has 0 saturated heterocycles. The van der Waals surface area contributed by atoms with Gasteiger partial charge in [-0.05, 0) is 41.8 Å². The summed E-state index contributed by atoms with van der Waals surface area (Å²) in [6, 6.07) is 24.2. The standard InChI is InChI=1S/C25H26N2O3/c1-2-3-9-18-30-23-13-8-7-12-22(23)25(29)27-26-24(28)21-16-14-20(15-17-21)19-10-5-4-6-11-19/h4-8,10-17H,2-3,9,18H2,1H3,(H,26,28)(H,27,29). The molecular formula is C25H26N2O3. The van der Waals surface area contributed by atoms with Crippen molar-refractivity contribution < 1.29 is 14.3 Å². The van der Waals surface area contributed by atoms with Crippen LogP contribution in [0.2, 0.25) is 0 Å². The van der Waals surface area contributed by atoms with E-state index in [9.17, 15) is 9.59 Å². The first-order valence-electron chi connectivity index (χ1n) is 10.2. The lowest BCUT2D eigenvalue weighted by Gasteiger charge is -2.12. The summed E-state index contributed by atoms with van der Waals surface area (Å²) in [7, 11) is 0. The minimum absolute atomic E-state index is 0.383. The third kappa shape index (κ3) is 5.70. The fraction of sp³-hybridized carbons (Fsp3) is 0.200. The summed E-state index contributed by atoms with van der Waals surface area (Å²) < 4.78 is 5.73. The van der Waals surface area contributed by atoms with Gasteiger partial charge in [0.05, 0.1) is 12.2 Å². The number of carbonyl (C=O) groups is 2. The van der Waals surface area contributed by atoms with Crippen LogP contribution in [0.4, 0.5) is 0 Å². The molecule has 2 amide bonds. The number of nitrogens with one attached hydrogen (secondary N) is 2. The Hall–Kier alpha value is -3.60. The lowest BCUT2D eigenvalue weighted by molar-refractivity contribution is 0.0844. The van der Waals surface area contributed by atoms with Crippen molar-refractivity contribution in [3.63, 3.8) is 0 Å². The van der Waals surface area contributed by atoms with Gasteiger partial charge >= 0.3 is 0 Å². The van der Waals surface area contributed by atoms with Gasteiger partial charge in [0.15, 0.2) is 0 Å². The van der Waals surface area contributed by atoms with Crippen molar-refractivity contribution in [2.24, 2.45) is 0 Å². The molecule has 0 unspecified atom stereocenters. The summed E-state index contributed by atoms with van der Waals surface area (Å²) in [5.74, 6) is -0.299. The van der Waals surface area contributed by atoms with E-state index in [-0.39, 0.29) is 5.91 Å². The van der Waals surface area contributed by atoms with E-state index in [2.05, 4.69) is 17.8 Å². The Kier molecular flexibility index (Phi) is 7.61. The zero-order chi connectivity index (χ0) is 21.2. The van der Waals surface area contributed by atoms with Crippen molar-refractivity contribution in [1.82, 2.24) is 10.9 Å². The van der Waals surface area contributed by atoms with Gasteiger partial charge in [0.2, 0.25) is 0 Å². The Morgan fingerprint density at radius 3 is 2.10 bits per heavy atom. The van der Waals surface area contributed by atoms with E-state index in [0.29, 0.717) is 23.5 Å². The van der Waals surface area contributed by atoms with E-state index in [1.165, 1.54) is 0 Å². The molecule has 0 aliphatic carbocycles. The number of unbranched alkanes of at least 4 members (excludes halogenated alkanes) is 2. The minimum Gasteiger partial charge on any atom is -0.493 e. The number of benzene rings is 3. The molecule has 0 radical (unpaired) electrons. The number of rotatable bonds is 8. The molecule has 5 heteroatoms. The quantitative estimate of drug-likeness (QED) is 0.412. The molecule has 0 aliphatic heterocycles. The molecule has 0 aromatic heterocycles. The fourth-order valence-electron chi connectivity index (χ4n) is 3.01. The van der Waals surface area contributed by atoms with Crippen LogP contribution in [0.15, 0.2) is 78.9 Å². The molecule has 0 aliphatic rings. The molecule has 2 N–H and O–H groups in total. The lowest BCUT2D eigenvalue weighted by atomic mass is 10.0. The predicted octanol–water partition coefficient (Wildman–Crippen LogP) is 5.00. The van der Waals surface area contributed by atoms with Crippen LogP contribution >= 0.6 is 0 Å². The third-order valence-electron chi connectivity index (χ3n) is 4.68. The molecule has 5 nitrogen and oxygen atoms in total. The van der Waals surface area contributed by atoms with E-state index in [0.717, 1.165) is 30.4 Å². The monoisotopic (exact) mass is 402 g/mol. The average molecular weight is 402 g/mol. The molecule has 154 valence electrons. The highest BCUT2D eigenvalue weighted by Gasteiger charge is 2.13. The largest absolute Gasteiger partial charge is 0.493 e. The number of hydrazine groups is 1. The van der Waals surface area contributed by atoms with E-state index in [1.807, 2.05) is 48.5 Å². The molecule has 30 heavy (non-hydrogen) atoms. The molecular weight excluding hydrogens is 376 g/mol. The van der Waals surface area contributed by atoms with Crippen LogP contribution < -0.4 is 15.6 Å². The topological polar surface area (TPSA) is 67.4 Å². The van der Waals surface area contributed by atoms with Crippen LogP contribution in [0.3, 0.4) is 0 Å². The molecule has 0 atom stereocenters. The molecule has 0 fully saturated rings. The Morgan fingerprint density at radius 1 is 0.733 bits per heavy atom. The van der Waals surface area contributed by atoms with Crippen molar-refractivity contribution in [3.8, 4) is 16.9 Å². The minimum atomic E-state index is -0.421. The maximum absolute atomic E-state index is 12.5. The highest BCUT2D eigenvalue weighted by molar-refractivity contribution is 6.00. The van der Waals surface area contributed by atoms with Gasteiger partial charge in [-0.2, -0.15) is 0 Å². The van der Waals surface area contributed by atoms with E-state index in [4.69, 9.17) is 4.74 Å². The Bertz CT molecular complexity index is 969. The smallest absolute Gasteiger partial charge is 0.273 e. The van der Waals surface area contributed by atoms with Crippen LogP contribution in [-0.4, -0.2) is 18.4 Å². The zero-order valence-corrected chi connectivity index (χ0v) is 17.1. The average Bonchev–Trinajstić information content (AvgIpc) is 2.81. The second-order valence-electron chi connectivity index (χ2n) is 6.90. The molecule has 0 bridgehead atoms. The second-order valence-corrected chi connectivity index (χ2v) is 6.90. The maximum atomic E-state index is 12.5. The van der Waals surface area contributed by atoms with E-state index < -0.39 is 5.91 Å². The van der Waals surface area contributed by atoms with Crippen molar-refractivity contribution in [2.45, 2.75) is 26.2 Å². The summed E-state index contributed by atoms with van der Waals surface area (Å²) in [6.07, 6.45) is 3.11. The van der Waals surface area contributed by atoms with Gasteiger partial charge in [0, 0.05) is 5.56 Å². The molecule has 0 heterocycles. The first-order chi connectivity index (χ1) is 14.7. The fourth-order valence-corrected chi connectivity index (χ4v) is 3.01. The van der Waals surface area contributed by atoms with Crippen LogP contribution in [0.25, 0.3) is 11.1 Å². The molecule has 0 saturated carbocycles. The summed E-state index contributed by atoms with van der Waals surface area (Å²) in [5.41, 5.74) is 7.87. The molecule has 0 spiro atoms. The zero-order valence-electron chi connectivity index (χ0n) is 17.1. The second kappa shape index (κ2) is 10.8. The number of carbonyl (C=O) groups excluding carboxylic acids is 2. The van der Waals surface area contributed by atoms with Gasteiger partial charge in [-0.15, -0.1) is 0 Å². The van der Waals surface area contributed by atoms with Crippen molar-refractivity contribution in [1.29, 1.82) is 0 Å². The molecule has 3 aromatic carbocycles. The number of ether oxygens (including phenoxy) is 1. The predicted molar refractivity (Wildman–Crippen MR) is 118 cm³/mol. The van der Waals surface area contributed by atoms with Crippen LogP contribution in [0.5, 0.6) is 5.75 Å². The summed E-state index contributed by atoms with van der Waals surface area (Å²) >= 11 is 0. The molecule has 3 rings (SSSR count). The Morgan fingerprint density at radius 2 is 1.37 bits per heavy atom. The van der Waals surface area contributed by atoms with Gasteiger partial charge in [-0.1, -0.05) is 74.4 Å². The first-order valence-corrected chi connectivity index (χ1v) is 10.2. The van der Waals surface area contributed by atoms with Gasteiger partial charge in [0.25, 0.3) is 11.8 Å². The summed E-state index contributed by atoms with van der Waals surface area (Å²) in [6.45, 7) is 2.68. The van der Waals surface area contributed by atoms with E-state index in [1.54, 1.807) is 30.3 Å². The van der Waals surface area contributed by atoms with Crippen molar-refractivity contribution in [3.05, 3.63) is 90.0 Å². The number of hydrogen-bond donors (Lipinski definition) is 2. The summed E-state index contributed by atoms with van der Waals surface area (Å²) in [5, 5.41) is 0. The molecule has 3 aromatic rings. The lowest BCUT2D eigenvalue weighted by Crippen LogP contribution is -2.41. The third-order valence-corrected chi connectivity index (χ3v) is 4.68. The number of para-hydroxylation sites is 1.